The van der Waals surface area contributed by atoms with E-state index in [0.29, 0.717) is 13.2 Å². The van der Waals surface area contributed by atoms with Crippen LogP contribution in [0.3, 0.4) is 0 Å². The van der Waals surface area contributed by atoms with Crippen molar-refractivity contribution in [1.29, 1.82) is 0 Å². The highest BCUT2D eigenvalue weighted by Crippen LogP contribution is 2.18. The lowest BCUT2D eigenvalue weighted by molar-refractivity contribution is 0.188. The van der Waals surface area contributed by atoms with Crippen molar-refractivity contribution in [2.75, 3.05) is 20.3 Å². The summed E-state index contributed by atoms with van der Waals surface area (Å²) < 4.78 is 17.9. The second-order valence-electron chi connectivity index (χ2n) is 3.27. The molecule has 3 heteroatoms. The second-order valence-corrected chi connectivity index (χ2v) is 3.27. The number of hydrogen-bond acceptors (Lipinski definition) is 2. The molecule has 0 fully saturated rings. The molecule has 0 bridgehead atoms. The Kier molecular flexibility index (Phi) is 4.56. The van der Waals surface area contributed by atoms with Crippen LogP contribution in [0.4, 0.5) is 4.39 Å². The van der Waals surface area contributed by atoms with E-state index in [1.165, 1.54) is 12.1 Å². The van der Waals surface area contributed by atoms with Gasteiger partial charge in [-0.05, 0) is 36.6 Å². The predicted octanol–water partition coefficient (Wildman–Crippen LogP) is 1.90. The lowest BCUT2D eigenvalue weighted by atomic mass is 9.96. The number of halogens is 1. The number of ether oxygens (including phenoxy) is 1. The molecule has 2 N–H and O–H groups in total. The standard InChI is InChI=1S/C11H16FNO/c1-14-6-5-10(8-13)9-3-2-4-11(12)7-9/h2-4,7,10H,5-6,8,13H2,1H3. The molecule has 1 rings (SSSR count). The quantitative estimate of drug-likeness (QED) is 0.782. The summed E-state index contributed by atoms with van der Waals surface area (Å²) in [5, 5.41) is 0. The van der Waals surface area contributed by atoms with Crippen molar-refractivity contribution in [3.05, 3.63) is 35.6 Å². The summed E-state index contributed by atoms with van der Waals surface area (Å²) in [6.45, 7) is 1.17. The van der Waals surface area contributed by atoms with Gasteiger partial charge in [0.05, 0.1) is 0 Å². The van der Waals surface area contributed by atoms with E-state index in [9.17, 15) is 4.39 Å². The second kappa shape index (κ2) is 5.73. The van der Waals surface area contributed by atoms with Crippen molar-refractivity contribution in [1.82, 2.24) is 0 Å². The van der Waals surface area contributed by atoms with E-state index in [0.717, 1.165) is 12.0 Å². The molecule has 0 spiro atoms. The van der Waals surface area contributed by atoms with E-state index < -0.39 is 0 Å². The molecule has 14 heavy (non-hydrogen) atoms. The normalized spacial score (nSPS) is 12.8. The van der Waals surface area contributed by atoms with E-state index >= 15 is 0 Å². The lowest BCUT2D eigenvalue weighted by Crippen LogP contribution is -2.14. The van der Waals surface area contributed by atoms with Crippen molar-refractivity contribution in [2.24, 2.45) is 5.73 Å². The van der Waals surface area contributed by atoms with E-state index in [4.69, 9.17) is 10.5 Å². The average molecular weight is 197 g/mol. The van der Waals surface area contributed by atoms with Crippen LogP contribution in [0.1, 0.15) is 17.9 Å². The highest BCUT2D eigenvalue weighted by atomic mass is 19.1. The fourth-order valence-corrected chi connectivity index (χ4v) is 1.44. The zero-order valence-electron chi connectivity index (χ0n) is 8.37. The maximum absolute atomic E-state index is 12.9. The molecule has 0 aromatic heterocycles. The molecule has 0 saturated heterocycles. The minimum absolute atomic E-state index is 0.186. The Morgan fingerprint density at radius 3 is 2.86 bits per heavy atom. The first kappa shape index (κ1) is 11.1. The Balaban J connectivity index is 2.68. The third-order valence-corrected chi connectivity index (χ3v) is 2.28. The number of hydrogen-bond donors (Lipinski definition) is 1. The molecule has 1 unspecified atom stereocenters. The first-order valence-corrected chi connectivity index (χ1v) is 4.72. The van der Waals surface area contributed by atoms with E-state index in [1.54, 1.807) is 13.2 Å². The van der Waals surface area contributed by atoms with Gasteiger partial charge in [0.15, 0.2) is 0 Å². The lowest BCUT2D eigenvalue weighted by Gasteiger charge is -2.14. The first-order chi connectivity index (χ1) is 6.77. The van der Waals surface area contributed by atoms with Gasteiger partial charge >= 0.3 is 0 Å². The molecular weight excluding hydrogens is 181 g/mol. The van der Waals surface area contributed by atoms with Gasteiger partial charge in [0.1, 0.15) is 5.82 Å². The summed E-state index contributed by atoms with van der Waals surface area (Å²) >= 11 is 0. The largest absolute Gasteiger partial charge is 0.385 e. The topological polar surface area (TPSA) is 35.2 Å². The molecule has 1 atom stereocenters. The highest BCUT2D eigenvalue weighted by Gasteiger charge is 2.09. The SMILES string of the molecule is COCCC(CN)c1cccc(F)c1. The van der Waals surface area contributed by atoms with Crippen LogP contribution in [0.2, 0.25) is 0 Å². The van der Waals surface area contributed by atoms with Crippen molar-refractivity contribution < 1.29 is 9.13 Å². The minimum atomic E-state index is -0.210. The van der Waals surface area contributed by atoms with Crippen LogP contribution in [0.15, 0.2) is 24.3 Å². The van der Waals surface area contributed by atoms with E-state index in [-0.39, 0.29) is 11.7 Å². The van der Waals surface area contributed by atoms with Gasteiger partial charge < -0.3 is 10.5 Å². The Morgan fingerprint density at radius 2 is 2.29 bits per heavy atom. The minimum Gasteiger partial charge on any atom is -0.385 e. The summed E-state index contributed by atoms with van der Waals surface area (Å²) in [5.41, 5.74) is 6.57. The summed E-state index contributed by atoms with van der Waals surface area (Å²) in [6.07, 6.45) is 0.830. The molecule has 0 aliphatic carbocycles. The number of methoxy groups -OCH3 is 1. The zero-order valence-corrected chi connectivity index (χ0v) is 8.37. The summed E-state index contributed by atoms with van der Waals surface area (Å²) in [4.78, 5) is 0. The van der Waals surface area contributed by atoms with Crippen molar-refractivity contribution >= 4 is 0 Å². The first-order valence-electron chi connectivity index (χ1n) is 4.72. The van der Waals surface area contributed by atoms with Crippen molar-refractivity contribution in [3.63, 3.8) is 0 Å². The fourth-order valence-electron chi connectivity index (χ4n) is 1.44. The molecule has 0 radical (unpaired) electrons. The Bertz CT molecular complexity index is 278. The third kappa shape index (κ3) is 3.09. The summed E-state index contributed by atoms with van der Waals surface area (Å²) in [6, 6.07) is 6.58. The monoisotopic (exact) mass is 197 g/mol. The van der Waals surface area contributed by atoms with Crippen LogP contribution < -0.4 is 5.73 Å². The molecule has 0 amide bonds. The molecule has 78 valence electrons. The fraction of sp³-hybridized carbons (Fsp3) is 0.455. The van der Waals surface area contributed by atoms with Crippen molar-refractivity contribution in [2.45, 2.75) is 12.3 Å². The predicted molar refractivity (Wildman–Crippen MR) is 54.7 cm³/mol. The zero-order chi connectivity index (χ0) is 10.4. The van der Waals surface area contributed by atoms with Crippen molar-refractivity contribution in [3.8, 4) is 0 Å². The maximum atomic E-state index is 12.9. The number of benzene rings is 1. The number of nitrogens with two attached hydrogens (primary N) is 1. The van der Waals surface area contributed by atoms with Crippen LogP contribution in [-0.4, -0.2) is 20.3 Å². The molecule has 2 nitrogen and oxygen atoms in total. The van der Waals surface area contributed by atoms with Gasteiger partial charge in [0.2, 0.25) is 0 Å². The Hall–Kier alpha value is -0.930. The van der Waals surface area contributed by atoms with Gasteiger partial charge in [0.25, 0.3) is 0 Å². The van der Waals surface area contributed by atoms with E-state index in [2.05, 4.69) is 0 Å². The number of rotatable bonds is 5. The van der Waals surface area contributed by atoms with Gasteiger partial charge in [0, 0.05) is 13.7 Å². The molecule has 0 heterocycles. The van der Waals surface area contributed by atoms with Gasteiger partial charge in [-0.3, -0.25) is 0 Å². The maximum Gasteiger partial charge on any atom is 0.123 e. The molecule has 0 aliphatic heterocycles. The molecule has 1 aromatic rings. The molecule has 0 aliphatic rings. The molecule has 0 saturated carbocycles. The Morgan fingerprint density at radius 1 is 1.50 bits per heavy atom. The third-order valence-electron chi connectivity index (χ3n) is 2.28. The van der Waals surface area contributed by atoms with Crippen LogP contribution in [0.25, 0.3) is 0 Å². The average Bonchev–Trinajstić information content (AvgIpc) is 2.19. The van der Waals surface area contributed by atoms with Gasteiger partial charge in [-0.1, -0.05) is 12.1 Å². The molecular formula is C11H16FNO. The van der Waals surface area contributed by atoms with Gasteiger partial charge in [-0.25, -0.2) is 4.39 Å². The molecule has 1 aromatic carbocycles. The summed E-state index contributed by atoms with van der Waals surface area (Å²) in [7, 11) is 1.65. The van der Waals surface area contributed by atoms with E-state index in [1.807, 2.05) is 6.07 Å². The smallest absolute Gasteiger partial charge is 0.123 e. The summed E-state index contributed by atoms with van der Waals surface area (Å²) in [5.74, 6) is -0.0241. The van der Waals surface area contributed by atoms with Crippen LogP contribution in [-0.2, 0) is 4.74 Å². The highest BCUT2D eigenvalue weighted by molar-refractivity contribution is 5.20. The van der Waals surface area contributed by atoms with Crippen LogP contribution in [0.5, 0.6) is 0 Å². The van der Waals surface area contributed by atoms with Gasteiger partial charge in [-0.15, -0.1) is 0 Å². The van der Waals surface area contributed by atoms with Crippen LogP contribution >= 0.6 is 0 Å². The Labute approximate surface area is 83.9 Å². The van der Waals surface area contributed by atoms with Gasteiger partial charge in [-0.2, -0.15) is 0 Å². The van der Waals surface area contributed by atoms with Crippen LogP contribution in [0, 0.1) is 5.82 Å².